The van der Waals surface area contributed by atoms with E-state index >= 15 is 0 Å². The van der Waals surface area contributed by atoms with Crippen LogP contribution in [0.2, 0.25) is 5.02 Å². The van der Waals surface area contributed by atoms with Crippen molar-refractivity contribution in [3.63, 3.8) is 0 Å². The maximum Gasteiger partial charge on any atom is 0.300 e. The summed E-state index contributed by atoms with van der Waals surface area (Å²) in [7, 11) is 1.60. The molecular weight excluding hydrogens is 464 g/mol. The molecule has 180 valence electrons. The van der Waals surface area contributed by atoms with Crippen molar-refractivity contribution in [3.8, 4) is 5.75 Å². The smallest absolute Gasteiger partial charge is 0.300 e. The average molecular weight is 491 g/mol. The Morgan fingerprint density at radius 3 is 2.51 bits per heavy atom. The number of rotatable bonds is 5. The quantitative estimate of drug-likeness (QED) is 0.265. The zero-order valence-electron chi connectivity index (χ0n) is 20.3. The first-order valence-electron chi connectivity index (χ1n) is 11.3. The van der Waals surface area contributed by atoms with Crippen LogP contribution in [-0.4, -0.2) is 28.9 Å². The van der Waals surface area contributed by atoms with Crippen molar-refractivity contribution in [2.45, 2.75) is 39.7 Å². The molecule has 0 bridgehead atoms. The van der Waals surface area contributed by atoms with Crippen LogP contribution in [0.15, 0.2) is 60.4 Å². The molecule has 1 unspecified atom stereocenters. The average Bonchev–Trinajstić information content (AvgIpc) is 3.10. The standard InChI is InChI=1S/C28H27ClN2O4/c1-15(2)19-13-20(16(3)12-23(19)35-5)26(32)24-25(18-8-7-11-30-14-18)31(28(34)27(24)33)22-10-6-9-21(29)17(22)4/h6-15,25,32H,1-5H3/b26-24+. The topological polar surface area (TPSA) is 79.7 Å². The largest absolute Gasteiger partial charge is 0.507 e. The minimum Gasteiger partial charge on any atom is -0.507 e. The van der Waals surface area contributed by atoms with Gasteiger partial charge in [-0.15, -0.1) is 0 Å². The summed E-state index contributed by atoms with van der Waals surface area (Å²) in [6, 6.07) is 11.5. The molecule has 1 N–H and O–H groups in total. The first-order chi connectivity index (χ1) is 16.7. The molecule has 35 heavy (non-hydrogen) atoms. The van der Waals surface area contributed by atoms with Gasteiger partial charge in [-0.2, -0.15) is 0 Å². The van der Waals surface area contributed by atoms with Crippen LogP contribution in [0.3, 0.4) is 0 Å². The van der Waals surface area contributed by atoms with Crippen molar-refractivity contribution in [1.82, 2.24) is 4.98 Å². The number of aromatic nitrogens is 1. The third kappa shape index (κ3) is 4.19. The summed E-state index contributed by atoms with van der Waals surface area (Å²) in [5.74, 6) is -0.921. The number of anilines is 1. The van der Waals surface area contributed by atoms with Crippen molar-refractivity contribution >= 4 is 34.7 Å². The molecule has 1 aromatic heterocycles. The first-order valence-corrected chi connectivity index (χ1v) is 11.7. The molecule has 3 aromatic rings. The number of aryl methyl sites for hydroxylation is 1. The van der Waals surface area contributed by atoms with E-state index in [4.69, 9.17) is 16.3 Å². The van der Waals surface area contributed by atoms with E-state index in [1.54, 1.807) is 56.8 Å². The SMILES string of the molecule is COc1cc(C)c(/C(O)=C2\C(=O)C(=O)N(c3cccc(Cl)c3C)C2c2cccnc2)cc1C(C)C. The van der Waals surface area contributed by atoms with E-state index in [0.717, 1.165) is 11.1 Å². The normalized spacial score (nSPS) is 17.3. The number of methoxy groups -OCH3 is 1. The fourth-order valence-electron chi connectivity index (χ4n) is 4.52. The van der Waals surface area contributed by atoms with Crippen LogP contribution in [-0.2, 0) is 9.59 Å². The first kappa shape index (κ1) is 24.5. The third-order valence-electron chi connectivity index (χ3n) is 6.40. The molecule has 0 radical (unpaired) electrons. The van der Waals surface area contributed by atoms with E-state index in [-0.39, 0.29) is 17.3 Å². The number of halogens is 1. The molecule has 2 aromatic carbocycles. The Kier molecular flexibility index (Phi) is 6.68. The molecular formula is C28H27ClN2O4. The molecule has 0 spiro atoms. The number of ether oxygens (including phenoxy) is 1. The minimum atomic E-state index is -0.870. The number of hydrogen-bond donors (Lipinski definition) is 1. The van der Waals surface area contributed by atoms with Gasteiger partial charge < -0.3 is 9.84 Å². The lowest BCUT2D eigenvalue weighted by Gasteiger charge is -2.27. The number of amides is 1. The molecule has 0 aliphatic carbocycles. The fraction of sp³-hybridized carbons (Fsp3) is 0.250. The maximum absolute atomic E-state index is 13.4. The van der Waals surface area contributed by atoms with Gasteiger partial charge in [-0.05, 0) is 72.4 Å². The molecule has 6 nitrogen and oxygen atoms in total. The number of benzene rings is 2. The second-order valence-electron chi connectivity index (χ2n) is 8.90. The van der Waals surface area contributed by atoms with E-state index in [9.17, 15) is 14.7 Å². The number of hydrogen-bond acceptors (Lipinski definition) is 5. The van der Waals surface area contributed by atoms with E-state index in [1.807, 2.05) is 32.9 Å². The van der Waals surface area contributed by atoms with Gasteiger partial charge in [-0.3, -0.25) is 19.5 Å². The second-order valence-corrected chi connectivity index (χ2v) is 9.31. The van der Waals surface area contributed by atoms with Gasteiger partial charge in [-0.25, -0.2) is 0 Å². The molecule has 2 heterocycles. The lowest BCUT2D eigenvalue weighted by molar-refractivity contribution is -0.132. The van der Waals surface area contributed by atoms with Crippen molar-refractivity contribution in [1.29, 1.82) is 0 Å². The predicted octanol–water partition coefficient (Wildman–Crippen LogP) is 6.11. The van der Waals surface area contributed by atoms with Gasteiger partial charge in [0.05, 0.1) is 18.7 Å². The monoisotopic (exact) mass is 490 g/mol. The van der Waals surface area contributed by atoms with Crippen molar-refractivity contribution in [2.24, 2.45) is 0 Å². The number of pyridine rings is 1. The van der Waals surface area contributed by atoms with Gasteiger partial charge in [-0.1, -0.05) is 37.6 Å². The molecule has 0 saturated carbocycles. The van der Waals surface area contributed by atoms with Crippen molar-refractivity contribution < 1.29 is 19.4 Å². The van der Waals surface area contributed by atoms with E-state index in [1.165, 1.54) is 4.90 Å². The number of Topliss-reactive ketones (excluding diaryl/α,β-unsaturated/α-hetero) is 1. The Morgan fingerprint density at radius 2 is 1.89 bits per heavy atom. The number of carbonyl (C=O) groups excluding carboxylic acids is 2. The zero-order valence-corrected chi connectivity index (χ0v) is 21.1. The number of aliphatic hydroxyl groups is 1. The lowest BCUT2D eigenvalue weighted by atomic mass is 9.91. The van der Waals surface area contributed by atoms with Crippen LogP contribution in [0.1, 0.15) is 53.6 Å². The Balaban J connectivity index is 2.01. The number of carbonyl (C=O) groups is 2. The minimum absolute atomic E-state index is 0.00495. The Labute approximate surface area is 209 Å². The van der Waals surface area contributed by atoms with Crippen LogP contribution in [0, 0.1) is 13.8 Å². The molecule has 1 fully saturated rings. The summed E-state index contributed by atoms with van der Waals surface area (Å²) in [6.45, 7) is 7.67. The van der Waals surface area contributed by atoms with Crippen molar-refractivity contribution in [3.05, 3.63) is 93.3 Å². The van der Waals surface area contributed by atoms with Gasteiger partial charge in [0, 0.05) is 28.7 Å². The highest BCUT2D eigenvalue weighted by Crippen LogP contribution is 2.44. The molecule has 4 rings (SSSR count). The number of ketones is 1. The molecule has 1 aliphatic heterocycles. The molecule has 1 atom stereocenters. The van der Waals surface area contributed by atoms with E-state index < -0.39 is 17.7 Å². The van der Waals surface area contributed by atoms with Crippen LogP contribution in [0.4, 0.5) is 5.69 Å². The van der Waals surface area contributed by atoms with Gasteiger partial charge in [0.25, 0.3) is 11.7 Å². The number of nitrogens with zero attached hydrogens (tertiary/aromatic N) is 2. The predicted molar refractivity (Wildman–Crippen MR) is 137 cm³/mol. The molecule has 1 aliphatic rings. The van der Waals surface area contributed by atoms with Crippen LogP contribution in [0.5, 0.6) is 5.75 Å². The molecule has 1 saturated heterocycles. The third-order valence-corrected chi connectivity index (χ3v) is 6.81. The fourth-order valence-corrected chi connectivity index (χ4v) is 4.69. The van der Waals surface area contributed by atoms with Crippen LogP contribution in [0.25, 0.3) is 5.76 Å². The van der Waals surface area contributed by atoms with Crippen LogP contribution < -0.4 is 9.64 Å². The van der Waals surface area contributed by atoms with E-state index in [0.29, 0.717) is 33.1 Å². The van der Waals surface area contributed by atoms with Gasteiger partial charge in [0.1, 0.15) is 11.5 Å². The summed E-state index contributed by atoms with van der Waals surface area (Å²) >= 11 is 6.35. The van der Waals surface area contributed by atoms with Gasteiger partial charge >= 0.3 is 0 Å². The second kappa shape index (κ2) is 9.55. The lowest BCUT2D eigenvalue weighted by Crippen LogP contribution is -2.30. The Morgan fingerprint density at radius 1 is 1.14 bits per heavy atom. The number of aliphatic hydroxyl groups excluding tert-OH is 1. The highest BCUT2D eigenvalue weighted by Gasteiger charge is 2.47. The Bertz CT molecular complexity index is 1350. The highest BCUT2D eigenvalue weighted by molar-refractivity contribution is 6.52. The highest BCUT2D eigenvalue weighted by atomic mass is 35.5. The summed E-state index contributed by atoms with van der Waals surface area (Å²) in [5.41, 5.74) is 3.85. The summed E-state index contributed by atoms with van der Waals surface area (Å²) in [5, 5.41) is 12.0. The van der Waals surface area contributed by atoms with Crippen molar-refractivity contribution in [2.75, 3.05) is 12.0 Å². The summed E-state index contributed by atoms with van der Waals surface area (Å²) in [4.78, 5) is 32.4. The zero-order chi connectivity index (χ0) is 25.4. The maximum atomic E-state index is 13.4. The molecule has 1 amide bonds. The molecule has 7 heteroatoms. The van der Waals surface area contributed by atoms with Gasteiger partial charge in [0.2, 0.25) is 0 Å². The van der Waals surface area contributed by atoms with Gasteiger partial charge in [0.15, 0.2) is 0 Å². The Hall–Kier alpha value is -3.64. The summed E-state index contributed by atoms with van der Waals surface area (Å²) in [6.07, 6.45) is 3.21. The van der Waals surface area contributed by atoms with Crippen LogP contribution >= 0.6 is 11.6 Å². The summed E-state index contributed by atoms with van der Waals surface area (Å²) < 4.78 is 5.53. The van der Waals surface area contributed by atoms with E-state index in [2.05, 4.69) is 4.98 Å².